The van der Waals surface area contributed by atoms with Gasteiger partial charge in [0, 0.05) is 17.6 Å². The van der Waals surface area contributed by atoms with Crippen LogP contribution < -0.4 is 14.8 Å². The molecule has 1 N–H and O–H groups in total. The molecule has 120 valence electrons. The van der Waals surface area contributed by atoms with Gasteiger partial charge >= 0.3 is 0 Å². The lowest BCUT2D eigenvalue weighted by Gasteiger charge is -2.29. The van der Waals surface area contributed by atoms with Crippen LogP contribution in [0.3, 0.4) is 0 Å². The van der Waals surface area contributed by atoms with Crippen LogP contribution in [0.25, 0.3) is 11.1 Å². The molecule has 2 aliphatic heterocycles. The molecule has 2 aromatic rings. The molecule has 2 aliphatic rings. The van der Waals surface area contributed by atoms with Crippen LogP contribution >= 0.6 is 0 Å². The fraction of sp³-hybridized carbons (Fsp3) is 0.400. The zero-order chi connectivity index (χ0) is 15.6. The van der Waals surface area contributed by atoms with Gasteiger partial charge in [-0.15, -0.1) is 0 Å². The van der Waals surface area contributed by atoms with Crippen molar-refractivity contribution in [1.82, 2.24) is 5.32 Å². The van der Waals surface area contributed by atoms with Crippen LogP contribution in [0.1, 0.15) is 25.7 Å². The molecule has 0 amide bonds. The number of nitrogens with one attached hydrogen (secondary N) is 1. The van der Waals surface area contributed by atoms with E-state index in [1.807, 2.05) is 18.2 Å². The average Bonchev–Trinajstić information content (AvgIpc) is 2.93. The SMILES string of the molecule is COc1ccccc1-c1cccc(OC2CC3CCC(C2)N3)c1. The monoisotopic (exact) mass is 309 g/mol. The van der Waals surface area contributed by atoms with Gasteiger partial charge < -0.3 is 14.8 Å². The molecule has 2 aromatic carbocycles. The van der Waals surface area contributed by atoms with E-state index in [-0.39, 0.29) is 0 Å². The first kappa shape index (κ1) is 14.6. The fourth-order valence-electron chi connectivity index (χ4n) is 3.91. The maximum atomic E-state index is 6.29. The minimum Gasteiger partial charge on any atom is -0.496 e. The average molecular weight is 309 g/mol. The smallest absolute Gasteiger partial charge is 0.126 e. The van der Waals surface area contributed by atoms with E-state index in [4.69, 9.17) is 9.47 Å². The Kier molecular flexibility index (Phi) is 3.96. The van der Waals surface area contributed by atoms with Crippen LogP contribution in [-0.2, 0) is 0 Å². The van der Waals surface area contributed by atoms with Crippen molar-refractivity contribution >= 4 is 0 Å². The third-order valence-electron chi connectivity index (χ3n) is 4.98. The summed E-state index contributed by atoms with van der Waals surface area (Å²) in [4.78, 5) is 0. The summed E-state index contributed by atoms with van der Waals surface area (Å²) in [5.41, 5.74) is 2.24. The van der Waals surface area contributed by atoms with Crippen LogP contribution in [0.2, 0.25) is 0 Å². The van der Waals surface area contributed by atoms with Gasteiger partial charge in [-0.1, -0.05) is 30.3 Å². The second-order valence-corrected chi connectivity index (χ2v) is 6.58. The molecule has 2 saturated heterocycles. The molecule has 2 bridgehead atoms. The van der Waals surface area contributed by atoms with Crippen LogP contribution in [0.4, 0.5) is 0 Å². The van der Waals surface area contributed by atoms with Gasteiger partial charge in [-0.25, -0.2) is 0 Å². The molecule has 0 radical (unpaired) electrons. The Labute approximate surface area is 137 Å². The molecule has 0 aliphatic carbocycles. The summed E-state index contributed by atoms with van der Waals surface area (Å²) in [6, 6.07) is 17.8. The highest BCUT2D eigenvalue weighted by atomic mass is 16.5. The zero-order valence-corrected chi connectivity index (χ0v) is 13.5. The molecule has 2 atom stereocenters. The van der Waals surface area contributed by atoms with Crippen molar-refractivity contribution < 1.29 is 9.47 Å². The first-order chi connectivity index (χ1) is 11.3. The predicted octanol–water partition coefficient (Wildman–Crippen LogP) is 4.02. The number of rotatable bonds is 4. The summed E-state index contributed by atoms with van der Waals surface area (Å²) in [7, 11) is 1.71. The number of piperidine rings is 1. The molecule has 2 fully saturated rings. The van der Waals surface area contributed by atoms with Crippen LogP contribution in [0, 0.1) is 0 Å². The highest BCUT2D eigenvalue weighted by molar-refractivity contribution is 5.71. The van der Waals surface area contributed by atoms with E-state index in [1.54, 1.807) is 7.11 Å². The van der Waals surface area contributed by atoms with E-state index in [1.165, 1.54) is 12.8 Å². The number of benzene rings is 2. The first-order valence-electron chi connectivity index (χ1n) is 8.48. The zero-order valence-electron chi connectivity index (χ0n) is 13.5. The second kappa shape index (κ2) is 6.25. The Morgan fingerprint density at radius 3 is 2.52 bits per heavy atom. The van der Waals surface area contributed by atoms with Crippen LogP contribution in [0.5, 0.6) is 11.5 Å². The number of hydrogen-bond acceptors (Lipinski definition) is 3. The van der Waals surface area contributed by atoms with Gasteiger partial charge in [0.1, 0.15) is 17.6 Å². The Morgan fingerprint density at radius 2 is 1.74 bits per heavy atom. The van der Waals surface area contributed by atoms with E-state index in [0.717, 1.165) is 35.5 Å². The molecule has 3 heteroatoms. The van der Waals surface area contributed by atoms with E-state index in [2.05, 4.69) is 35.6 Å². The molecular weight excluding hydrogens is 286 g/mol. The molecule has 0 saturated carbocycles. The van der Waals surface area contributed by atoms with Gasteiger partial charge in [-0.2, -0.15) is 0 Å². The van der Waals surface area contributed by atoms with Crippen LogP contribution in [-0.4, -0.2) is 25.3 Å². The van der Waals surface area contributed by atoms with Crippen LogP contribution in [0.15, 0.2) is 48.5 Å². The molecule has 0 spiro atoms. The highest BCUT2D eigenvalue weighted by Crippen LogP contribution is 2.33. The summed E-state index contributed by atoms with van der Waals surface area (Å²) in [6.07, 6.45) is 5.17. The quantitative estimate of drug-likeness (QED) is 0.925. The standard InChI is InChI=1S/C20H23NO2/c1-22-20-8-3-2-7-19(20)14-5-4-6-17(11-14)23-18-12-15-9-10-16(13-18)21-15/h2-8,11,15-16,18,21H,9-10,12-13H2,1H3. The lowest BCUT2D eigenvalue weighted by atomic mass is 10.0. The maximum absolute atomic E-state index is 6.29. The minimum atomic E-state index is 0.335. The molecule has 4 rings (SSSR count). The van der Waals surface area contributed by atoms with Gasteiger partial charge in [-0.3, -0.25) is 0 Å². The summed E-state index contributed by atoms with van der Waals surface area (Å²) in [5.74, 6) is 1.85. The summed E-state index contributed by atoms with van der Waals surface area (Å²) in [5, 5.41) is 3.66. The van der Waals surface area contributed by atoms with Gasteiger partial charge in [0.15, 0.2) is 0 Å². The largest absolute Gasteiger partial charge is 0.496 e. The minimum absolute atomic E-state index is 0.335. The van der Waals surface area contributed by atoms with Crippen molar-refractivity contribution in [1.29, 1.82) is 0 Å². The molecule has 2 heterocycles. The third kappa shape index (κ3) is 3.06. The third-order valence-corrected chi connectivity index (χ3v) is 4.98. The van der Waals surface area contributed by atoms with Crippen molar-refractivity contribution in [2.45, 2.75) is 43.9 Å². The highest BCUT2D eigenvalue weighted by Gasteiger charge is 2.34. The molecule has 3 nitrogen and oxygen atoms in total. The van der Waals surface area contributed by atoms with E-state index in [9.17, 15) is 0 Å². The number of ether oxygens (including phenoxy) is 2. The van der Waals surface area contributed by atoms with Gasteiger partial charge in [0.05, 0.1) is 7.11 Å². The topological polar surface area (TPSA) is 30.5 Å². The van der Waals surface area contributed by atoms with E-state index in [0.29, 0.717) is 18.2 Å². The normalized spacial score (nSPS) is 26.0. The summed E-state index contributed by atoms with van der Waals surface area (Å²) < 4.78 is 11.8. The number of para-hydroxylation sites is 1. The second-order valence-electron chi connectivity index (χ2n) is 6.58. The Balaban J connectivity index is 1.54. The number of fused-ring (bicyclic) bond motifs is 2. The van der Waals surface area contributed by atoms with Crippen molar-refractivity contribution in [3.8, 4) is 22.6 Å². The first-order valence-corrected chi connectivity index (χ1v) is 8.48. The lowest BCUT2D eigenvalue weighted by molar-refractivity contribution is 0.137. The maximum Gasteiger partial charge on any atom is 0.126 e. The molecule has 2 unspecified atom stereocenters. The van der Waals surface area contributed by atoms with Gasteiger partial charge in [0.25, 0.3) is 0 Å². The Hall–Kier alpha value is -2.00. The predicted molar refractivity (Wildman–Crippen MR) is 92.0 cm³/mol. The number of methoxy groups -OCH3 is 1. The summed E-state index contributed by atoms with van der Waals surface area (Å²) in [6.45, 7) is 0. The molecular formula is C20H23NO2. The van der Waals surface area contributed by atoms with Crippen molar-refractivity contribution in [3.63, 3.8) is 0 Å². The Bertz CT molecular complexity index is 673. The van der Waals surface area contributed by atoms with Gasteiger partial charge in [0.2, 0.25) is 0 Å². The lowest BCUT2D eigenvalue weighted by Crippen LogP contribution is -2.42. The van der Waals surface area contributed by atoms with Crippen molar-refractivity contribution in [2.24, 2.45) is 0 Å². The van der Waals surface area contributed by atoms with Crippen molar-refractivity contribution in [3.05, 3.63) is 48.5 Å². The Morgan fingerprint density at radius 1 is 0.957 bits per heavy atom. The number of hydrogen-bond donors (Lipinski definition) is 1. The van der Waals surface area contributed by atoms with Gasteiger partial charge in [-0.05, 0) is 49.4 Å². The fourth-order valence-corrected chi connectivity index (χ4v) is 3.91. The van der Waals surface area contributed by atoms with E-state index >= 15 is 0 Å². The molecule has 0 aromatic heterocycles. The summed E-state index contributed by atoms with van der Waals surface area (Å²) >= 11 is 0. The molecule has 23 heavy (non-hydrogen) atoms. The van der Waals surface area contributed by atoms with Crippen molar-refractivity contribution in [2.75, 3.05) is 7.11 Å². The van der Waals surface area contributed by atoms with E-state index < -0.39 is 0 Å².